The summed E-state index contributed by atoms with van der Waals surface area (Å²) in [4.78, 5) is 0. The van der Waals surface area contributed by atoms with Crippen molar-refractivity contribution in [3.63, 3.8) is 0 Å². The number of hydrogen-bond acceptors (Lipinski definition) is 2. The molecule has 1 N–H and O–H groups in total. The Morgan fingerprint density at radius 2 is 1.85 bits per heavy atom. The summed E-state index contributed by atoms with van der Waals surface area (Å²) in [6.45, 7) is 4.23. The molecule has 0 spiro atoms. The number of benzene rings is 2. The van der Waals surface area contributed by atoms with Crippen LogP contribution in [-0.2, 0) is 6.42 Å². The second-order valence-corrected chi connectivity index (χ2v) is 5.21. The molecule has 0 radical (unpaired) electrons. The predicted molar refractivity (Wildman–Crippen MR) is 84.8 cm³/mol. The molecule has 2 aromatic rings. The number of halogens is 1. The van der Waals surface area contributed by atoms with Crippen LogP contribution in [0.5, 0.6) is 11.5 Å². The number of ether oxygens (including phenoxy) is 1. The highest BCUT2D eigenvalue weighted by Crippen LogP contribution is 2.31. The van der Waals surface area contributed by atoms with E-state index in [0.717, 1.165) is 17.7 Å². The first-order valence-electron chi connectivity index (χ1n) is 6.87. The molecule has 0 bridgehead atoms. The molecule has 0 saturated heterocycles. The maximum atomic E-state index is 6.29. The summed E-state index contributed by atoms with van der Waals surface area (Å²) in [7, 11) is 1.93. The molecule has 1 unspecified atom stereocenters. The number of aryl methyl sites for hydroxylation is 1. The van der Waals surface area contributed by atoms with Gasteiger partial charge in [0.2, 0.25) is 0 Å². The first-order chi connectivity index (χ1) is 9.63. The Balaban J connectivity index is 2.16. The molecular formula is C17H20ClNO. The van der Waals surface area contributed by atoms with Gasteiger partial charge in [0.1, 0.15) is 11.5 Å². The third-order valence-electron chi connectivity index (χ3n) is 3.45. The van der Waals surface area contributed by atoms with Crippen LogP contribution in [-0.4, -0.2) is 7.05 Å². The van der Waals surface area contributed by atoms with Crippen LogP contribution in [0.3, 0.4) is 0 Å². The lowest BCUT2D eigenvalue weighted by Gasteiger charge is -2.13. The number of hydrogen-bond donors (Lipinski definition) is 1. The van der Waals surface area contributed by atoms with Gasteiger partial charge in [-0.2, -0.15) is 0 Å². The summed E-state index contributed by atoms with van der Waals surface area (Å²) in [6.07, 6.45) is 1.03. The zero-order chi connectivity index (χ0) is 14.5. The van der Waals surface area contributed by atoms with Crippen LogP contribution in [0.25, 0.3) is 0 Å². The highest BCUT2D eigenvalue weighted by molar-refractivity contribution is 6.32. The number of nitrogens with one attached hydrogen (secondary N) is 1. The molecule has 0 amide bonds. The Kier molecular flexibility index (Phi) is 5.05. The highest BCUT2D eigenvalue weighted by atomic mass is 35.5. The average Bonchev–Trinajstić information content (AvgIpc) is 2.49. The van der Waals surface area contributed by atoms with Crippen molar-refractivity contribution in [2.75, 3.05) is 7.05 Å². The highest BCUT2D eigenvalue weighted by Gasteiger charge is 2.08. The smallest absolute Gasteiger partial charge is 0.146 e. The molecule has 0 fully saturated rings. The molecule has 2 aromatic carbocycles. The van der Waals surface area contributed by atoms with Crippen molar-refractivity contribution >= 4 is 11.6 Å². The molecule has 20 heavy (non-hydrogen) atoms. The lowest BCUT2D eigenvalue weighted by Crippen LogP contribution is -2.12. The second-order valence-electron chi connectivity index (χ2n) is 4.80. The van der Waals surface area contributed by atoms with Gasteiger partial charge in [0.15, 0.2) is 0 Å². The third-order valence-corrected chi connectivity index (χ3v) is 3.74. The van der Waals surface area contributed by atoms with Gasteiger partial charge in [-0.05, 0) is 55.8 Å². The molecule has 0 aliphatic rings. The van der Waals surface area contributed by atoms with Gasteiger partial charge in [-0.1, -0.05) is 36.7 Å². The summed E-state index contributed by atoms with van der Waals surface area (Å²) in [5.74, 6) is 1.49. The quantitative estimate of drug-likeness (QED) is 0.838. The Morgan fingerprint density at radius 1 is 1.15 bits per heavy atom. The minimum atomic E-state index is 0.269. The molecule has 0 aliphatic heterocycles. The normalized spacial score (nSPS) is 12.2. The molecule has 0 saturated carbocycles. The van der Waals surface area contributed by atoms with Crippen molar-refractivity contribution in [3.8, 4) is 11.5 Å². The Bertz CT molecular complexity index is 566. The van der Waals surface area contributed by atoms with E-state index in [-0.39, 0.29) is 6.04 Å². The van der Waals surface area contributed by atoms with Gasteiger partial charge in [0, 0.05) is 6.04 Å². The molecule has 2 rings (SSSR count). The largest absolute Gasteiger partial charge is 0.456 e. The van der Waals surface area contributed by atoms with Crippen LogP contribution in [0.1, 0.15) is 31.0 Å². The topological polar surface area (TPSA) is 21.3 Å². The van der Waals surface area contributed by atoms with Gasteiger partial charge in [-0.3, -0.25) is 0 Å². The lowest BCUT2D eigenvalue weighted by molar-refractivity contribution is 0.482. The van der Waals surface area contributed by atoms with E-state index in [1.54, 1.807) is 0 Å². The van der Waals surface area contributed by atoms with E-state index in [9.17, 15) is 0 Å². The van der Waals surface area contributed by atoms with E-state index in [2.05, 4.69) is 31.3 Å². The first-order valence-corrected chi connectivity index (χ1v) is 7.25. The first kappa shape index (κ1) is 14.9. The standard InChI is InChI=1S/C17H20ClNO/c1-4-13-5-8-15(9-6-13)20-17-10-7-14(11-16(17)18)12(2)19-3/h5-12,19H,4H2,1-3H3. The van der Waals surface area contributed by atoms with Crippen LogP contribution >= 0.6 is 11.6 Å². The molecular weight excluding hydrogens is 270 g/mol. The maximum Gasteiger partial charge on any atom is 0.146 e. The van der Waals surface area contributed by atoms with Crippen LogP contribution in [0.4, 0.5) is 0 Å². The van der Waals surface area contributed by atoms with Gasteiger partial charge in [-0.15, -0.1) is 0 Å². The van der Waals surface area contributed by atoms with E-state index >= 15 is 0 Å². The molecule has 2 nitrogen and oxygen atoms in total. The minimum Gasteiger partial charge on any atom is -0.456 e. The predicted octanol–water partition coefficient (Wildman–Crippen LogP) is 4.98. The van der Waals surface area contributed by atoms with Gasteiger partial charge in [-0.25, -0.2) is 0 Å². The lowest BCUT2D eigenvalue weighted by atomic mass is 10.1. The van der Waals surface area contributed by atoms with Crippen molar-refractivity contribution < 1.29 is 4.74 Å². The fourth-order valence-corrected chi connectivity index (χ4v) is 2.18. The monoisotopic (exact) mass is 289 g/mol. The zero-order valence-electron chi connectivity index (χ0n) is 12.1. The average molecular weight is 290 g/mol. The molecule has 0 aliphatic carbocycles. The van der Waals surface area contributed by atoms with Crippen molar-refractivity contribution in [1.82, 2.24) is 5.32 Å². The summed E-state index contributed by atoms with van der Waals surface area (Å²) in [6, 6.07) is 14.2. The molecule has 0 aromatic heterocycles. The fourth-order valence-electron chi connectivity index (χ4n) is 1.96. The van der Waals surface area contributed by atoms with Crippen molar-refractivity contribution in [3.05, 3.63) is 58.6 Å². The summed E-state index contributed by atoms with van der Waals surface area (Å²) >= 11 is 6.29. The molecule has 106 valence electrons. The summed E-state index contributed by atoms with van der Waals surface area (Å²) in [5.41, 5.74) is 2.44. The summed E-state index contributed by atoms with van der Waals surface area (Å²) in [5, 5.41) is 3.82. The Morgan fingerprint density at radius 3 is 2.40 bits per heavy atom. The van der Waals surface area contributed by atoms with Crippen LogP contribution in [0.2, 0.25) is 5.02 Å². The second kappa shape index (κ2) is 6.78. The Hall–Kier alpha value is -1.51. The Labute approximate surface area is 125 Å². The molecule has 3 heteroatoms. The van der Waals surface area contributed by atoms with Crippen LogP contribution < -0.4 is 10.1 Å². The van der Waals surface area contributed by atoms with Crippen LogP contribution in [0, 0.1) is 0 Å². The maximum absolute atomic E-state index is 6.29. The van der Waals surface area contributed by atoms with E-state index in [1.807, 2.05) is 37.4 Å². The van der Waals surface area contributed by atoms with Gasteiger partial charge in [0.05, 0.1) is 5.02 Å². The zero-order valence-corrected chi connectivity index (χ0v) is 12.9. The molecule has 0 heterocycles. The van der Waals surface area contributed by atoms with E-state index in [1.165, 1.54) is 5.56 Å². The van der Waals surface area contributed by atoms with Gasteiger partial charge < -0.3 is 10.1 Å². The van der Waals surface area contributed by atoms with E-state index in [0.29, 0.717) is 10.8 Å². The van der Waals surface area contributed by atoms with Crippen LogP contribution in [0.15, 0.2) is 42.5 Å². The van der Waals surface area contributed by atoms with Gasteiger partial charge in [0.25, 0.3) is 0 Å². The molecule has 1 atom stereocenters. The summed E-state index contributed by atoms with van der Waals surface area (Å²) < 4.78 is 5.82. The third kappa shape index (κ3) is 3.53. The van der Waals surface area contributed by atoms with Crippen molar-refractivity contribution in [2.45, 2.75) is 26.3 Å². The minimum absolute atomic E-state index is 0.269. The van der Waals surface area contributed by atoms with Crippen molar-refractivity contribution in [2.24, 2.45) is 0 Å². The van der Waals surface area contributed by atoms with E-state index in [4.69, 9.17) is 16.3 Å². The van der Waals surface area contributed by atoms with Crippen molar-refractivity contribution in [1.29, 1.82) is 0 Å². The fraction of sp³-hybridized carbons (Fsp3) is 0.294. The van der Waals surface area contributed by atoms with E-state index < -0.39 is 0 Å². The SMILES string of the molecule is CCc1ccc(Oc2ccc(C(C)NC)cc2Cl)cc1. The van der Waals surface area contributed by atoms with Gasteiger partial charge >= 0.3 is 0 Å². The number of rotatable bonds is 5.